The van der Waals surface area contributed by atoms with Crippen LogP contribution in [0.25, 0.3) is 0 Å². The number of rotatable bonds is 11. The van der Waals surface area contributed by atoms with Gasteiger partial charge in [-0.15, -0.1) is 0 Å². The molecule has 2 aromatic rings. The number of unbranched alkanes of at least 4 members (excludes halogenated alkanes) is 4. The molecule has 2 aromatic carbocycles. The van der Waals surface area contributed by atoms with Crippen LogP contribution in [0.5, 0.6) is 5.75 Å². The highest BCUT2D eigenvalue weighted by Gasteiger charge is 2.24. The maximum atomic E-state index is 12.8. The van der Waals surface area contributed by atoms with Crippen LogP contribution in [-0.4, -0.2) is 30.0 Å². The van der Waals surface area contributed by atoms with E-state index >= 15 is 0 Å². The second-order valence-corrected chi connectivity index (χ2v) is 9.14. The predicted molar refractivity (Wildman–Crippen MR) is 135 cm³/mol. The third-order valence-electron chi connectivity index (χ3n) is 6.24. The Morgan fingerprint density at radius 1 is 0.784 bits per heavy atom. The molecule has 37 heavy (non-hydrogen) atoms. The lowest BCUT2D eigenvalue weighted by atomic mass is 9.98. The number of carbonyl (C=O) groups excluding carboxylic acids is 4. The van der Waals surface area contributed by atoms with Crippen molar-refractivity contribution in [2.45, 2.75) is 83.7 Å². The van der Waals surface area contributed by atoms with Gasteiger partial charge in [0, 0.05) is 12.0 Å². The van der Waals surface area contributed by atoms with E-state index in [2.05, 4.69) is 11.8 Å². The number of ketones is 1. The topological polar surface area (TPSA) is 105 Å². The van der Waals surface area contributed by atoms with Crippen molar-refractivity contribution in [1.29, 1.82) is 0 Å². The summed E-state index contributed by atoms with van der Waals surface area (Å²) in [6, 6.07) is 12.1. The Labute approximate surface area is 217 Å². The van der Waals surface area contributed by atoms with Crippen LogP contribution >= 0.6 is 0 Å². The minimum Gasteiger partial charge on any atom is -0.431 e. The first-order chi connectivity index (χ1) is 18.0. The van der Waals surface area contributed by atoms with Gasteiger partial charge in [-0.2, -0.15) is 0 Å². The van der Waals surface area contributed by atoms with Crippen molar-refractivity contribution in [3.8, 4) is 5.75 Å². The van der Waals surface area contributed by atoms with E-state index in [1.165, 1.54) is 30.3 Å². The molecule has 0 aliphatic heterocycles. The summed E-state index contributed by atoms with van der Waals surface area (Å²) in [5, 5.41) is 0. The first kappa shape index (κ1) is 27.9. The van der Waals surface area contributed by atoms with Crippen LogP contribution < -0.4 is 4.74 Å². The molecule has 0 atom stereocenters. The van der Waals surface area contributed by atoms with Crippen LogP contribution in [0.3, 0.4) is 0 Å². The highest BCUT2D eigenvalue weighted by Crippen LogP contribution is 2.25. The van der Waals surface area contributed by atoms with Crippen molar-refractivity contribution in [2.75, 3.05) is 0 Å². The van der Waals surface area contributed by atoms with Gasteiger partial charge in [-0.3, -0.25) is 4.79 Å². The Morgan fingerprint density at radius 3 is 2.22 bits per heavy atom. The van der Waals surface area contributed by atoms with E-state index in [-0.39, 0.29) is 34.3 Å². The maximum absolute atomic E-state index is 12.8. The van der Waals surface area contributed by atoms with Gasteiger partial charge in [-0.25, -0.2) is 24.2 Å². The van der Waals surface area contributed by atoms with Crippen molar-refractivity contribution in [3.63, 3.8) is 0 Å². The van der Waals surface area contributed by atoms with Crippen LogP contribution in [-0.2, 0) is 14.5 Å². The molecule has 0 radical (unpaired) electrons. The zero-order chi connectivity index (χ0) is 26.5. The fourth-order valence-corrected chi connectivity index (χ4v) is 4.16. The number of hydrogen-bond donors (Lipinski definition) is 0. The molecule has 3 rings (SSSR count). The molecule has 0 amide bonds. The average molecular weight is 511 g/mol. The normalized spacial score (nSPS) is 13.4. The number of Topliss-reactive ketones (excluding diaryl/α,β-unsaturated/α-hetero) is 1. The molecule has 0 bridgehead atoms. The first-order valence-corrected chi connectivity index (χ1v) is 13.0. The summed E-state index contributed by atoms with van der Waals surface area (Å²) in [7, 11) is 0. The molecule has 0 spiro atoms. The molecular weight excluding hydrogens is 476 g/mol. The molecule has 1 aliphatic carbocycles. The molecular formula is C29H34O8. The van der Waals surface area contributed by atoms with E-state index in [9.17, 15) is 19.2 Å². The number of ether oxygens (including phenoxy) is 2. The van der Waals surface area contributed by atoms with Crippen molar-refractivity contribution in [2.24, 2.45) is 0 Å². The summed E-state index contributed by atoms with van der Waals surface area (Å²) < 4.78 is 10.7. The fourth-order valence-electron chi connectivity index (χ4n) is 4.16. The van der Waals surface area contributed by atoms with Crippen LogP contribution in [0.1, 0.15) is 109 Å². The molecule has 1 aliphatic rings. The highest BCUT2D eigenvalue weighted by atomic mass is 17.2. The molecule has 8 heteroatoms. The lowest BCUT2D eigenvalue weighted by molar-refractivity contribution is -0.187. The number of carbonyl (C=O) groups is 4. The average Bonchev–Trinajstić information content (AvgIpc) is 2.92. The smallest absolute Gasteiger partial charge is 0.431 e. The van der Waals surface area contributed by atoms with Crippen molar-refractivity contribution < 1.29 is 38.4 Å². The van der Waals surface area contributed by atoms with Gasteiger partial charge in [0.2, 0.25) is 0 Å². The summed E-state index contributed by atoms with van der Waals surface area (Å²) in [5.74, 6) is -2.25. The summed E-state index contributed by atoms with van der Waals surface area (Å²) >= 11 is 0. The second-order valence-electron chi connectivity index (χ2n) is 9.14. The molecule has 8 nitrogen and oxygen atoms in total. The second kappa shape index (κ2) is 14.8. The van der Waals surface area contributed by atoms with Crippen molar-refractivity contribution in [3.05, 3.63) is 65.2 Å². The summed E-state index contributed by atoms with van der Waals surface area (Å²) in [5.41, 5.74) is 0.234. The standard InChI is InChI=1S/C29H34O8/c1-2-3-4-5-12-17-25(30)22-18-19-26(35-29(33)34-23-15-10-7-11-16-23)24(20-22)28(32)37-36-27(31)21-13-8-6-9-14-21/h6,8-9,13-14,18-20,23H,2-5,7,10-12,15-17H2,1H3. The Morgan fingerprint density at radius 2 is 1.49 bits per heavy atom. The van der Waals surface area contributed by atoms with E-state index in [0.29, 0.717) is 6.42 Å². The third kappa shape index (κ3) is 9.04. The number of benzene rings is 2. The lowest BCUT2D eigenvalue weighted by Crippen LogP contribution is -2.24. The van der Waals surface area contributed by atoms with E-state index in [0.717, 1.165) is 64.2 Å². The Bertz CT molecular complexity index is 1060. The van der Waals surface area contributed by atoms with Crippen molar-refractivity contribution >= 4 is 23.9 Å². The first-order valence-electron chi connectivity index (χ1n) is 13.0. The van der Waals surface area contributed by atoms with Crippen LogP contribution in [0.2, 0.25) is 0 Å². The number of hydrogen-bond acceptors (Lipinski definition) is 8. The SMILES string of the molecule is CCCCCCCC(=O)c1ccc(OC(=O)OC2CCCCC2)c(C(=O)OOC(=O)c2ccccc2)c1. The minimum absolute atomic E-state index is 0.150. The lowest BCUT2D eigenvalue weighted by Gasteiger charge is -2.21. The summed E-state index contributed by atoms with van der Waals surface area (Å²) in [6.07, 6.45) is 8.65. The van der Waals surface area contributed by atoms with E-state index in [1.54, 1.807) is 18.2 Å². The largest absolute Gasteiger partial charge is 0.514 e. The highest BCUT2D eigenvalue weighted by molar-refractivity contribution is 6.01. The van der Waals surface area contributed by atoms with E-state index < -0.39 is 18.1 Å². The molecule has 0 saturated heterocycles. The van der Waals surface area contributed by atoms with Gasteiger partial charge in [0.25, 0.3) is 0 Å². The van der Waals surface area contributed by atoms with E-state index in [1.807, 2.05) is 0 Å². The van der Waals surface area contributed by atoms with Gasteiger partial charge in [0.15, 0.2) is 5.78 Å². The van der Waals surface area contributed by atoms with Gasteiger partial charge in [-0.05, 0) is 62.4 Å². The molecule has 198 valence electrons. The molecule has 0 heterocycles. The third-order valence-corrected chi connectivity index (χ3v) is 6.24. The van der Waals surface area contributed by atoms with Crippen LogP contribution in [0.4, 0.5) is 4.79 Å². The summed E-state index contributed by atoms with van der Waals surface area (Å²) in [6.45, 7) is 2.12. The van der Waals surface area contributed by atoms with Gasteiger partial charge < -0.3 is 9.47 Å². The molecule has 0 N–H and O–H groups in total. The molecule has 0 aromatic heterocycles. The van der Waals surface area contributed by atoms with Gasteiger partial charge in [-0.1, -0.05) is 57.2 Å². The Hall–Kier alpha value is -3.68. The zero-order valence-corrected chi connectivity index (χ0v) is 21.2. The maximum Gasteiger partial charge on any atom is 0.514 e. The van der Waals surface area contributed by atoms with Gasteiger partial charge in [0.1, 0.15) is 17.4 Å². The quantitative estimate of drug-likeness (QED) is 0.0794. The molecule has 1 saturated carbocycles. The monoisotopic (exact) mass is 510 g/mol. The van der Waals surface area contributed by atoms with Crippen LogP contribution in [0.15, 0.2) is 48.5 Å². The van der Waals surface area contributed by atoms with Gasteiger partial charge in [0.05, 0.1) is 5.56 Å². The van der Waals surface area contributed by atoms with Crippen LogP contribution in [0, 0.1) is 0 Å². The minimum atomic E-state index is -1.08. The predicted octanol–water partition coefficient (Wildman–Crippen LogP) is 7.01. The Kier molecular flexibility index (Phi) is 11.1. The molecule has 0 unspecified atom stereocenters. The van der Waals surface area contributed by atoms with Crippen molar-refractivity contribution in [1.82, 2.24) is 0 Å². The Balaban J connectivity index is 1.70. The van der Waals surface area contributed by atoms with Gasteiger partial charge >= 0.3 is 18.1 Å². The fraction of sp³-hybridized carbons (Fsp3) is 0.448. The zero-order valence-electron chi connectivity index (χ0n) is 21.2. The summed E-state index contributed by atoms with van der Waals surface area (Å²) in [4.78, 5) is 59.6. The molecule has 1 fully saturated rings. The van der Waals surface area contributed by atoms with E-state index in [4.69, 9.17) is 14.4 Å².